The van der Waals surface area contributed by atoms with Gasteiger partial charge in [-0.3, -0.25) is 14.5 Å². The number of oxime groups is 1. The second kappa shape index (κ2) is 13.4. The van der Waals surface area contributed by atoms with Gasteiger partial charge in [0.1, 0.15) is 28.6 Å². The molecule has 1 saturated heterocycles. The van der Waals surface area contributed by atoms with Crippen molar-refractivity contribution in [1.29, 1.82) is 0 Å². The number of fused-ring (bicyclic) bond motifs is 1. The molecule has 7 N–H and O–H groups in total. The van der Waals surface area contributed by atoms with Gasteiger partial charge in [0.2, 0.25) is 18.5 Å². The standard InChI is InChI=1S/C27H25N7O8S3/c1-29-33-8-6-16(7-9-33)43-10-14-11-44-24-19(23(37)34(24)20(14)25(38)39)31-22(36)18(17-12-45-27(28)30-17)32-42-21(26(40)41)13-2-4-15(35)5-3-13/h2-9,12,19,21,24,29H,10-11H2,1H3,(H5-,28,30,31,35,36,38,39,40,41)/p+1/b32-18-/t19-,21+,24-/m1/s1. The first-order valence-electron chi connectivity index (χ1n) is 13.1. The van der Waals surface area contributed by atoms with Crippen LogP contribution in [0.2, 0.25) is 0 Å². The Kier molecular flexibility index (Phi) is 9.45. The number of aromatic hydroxyl groups is 1. The first kappa shape index (κ1) is 31.6. The van der Waals surface area contributed by atoms with Gasteiger partial charge in [0.05, 0.1) is 7.05 Å². The second-order valence-electron chi connectivity index (χ2n) is 9.50. The van der Waals surface area contributed by atoms with Gasteiger partial charge in [-0.05, 0) is 17.7 Å². The second-order valence-corrected chi connectivity index (χ2v) is 12.5. The monoisotopic (exact) mass is 672 g/mol. The molecule has 15 nitrogen and oxygen atoms in total. The van der Waals surface area contributed by atoms with Crippen molar-refractivity contribution in [2.45, 2.75) is 22.4 Å². The molecule has 0 saturated carbocycles. The number of carboxylic acids is 2. The number of pyridine rings is 1. The lowest BCUT2D eigenvalue weighted by Crippen LogP contribution is -2.71. The fourth-order valence-electron chi connectivity index (χ4n) is 4.44. The number of rotatable bonds is 12. The molecule has 1 fully saturated rings. The highest BCUT2D eigenvalue weighted by Gasteiger charge is 2.54. The molecule has 3 aromatic rings. The number of hydrogen-bond donors (Lipinski definition) is 6. The first-order chi connectivity index (χ1) is 21.6. The first-order valence-corrected chi connectivity index (χ1v) is 16.0. The van der Waals surface area contributed by atoms with Gasteiger partial charge in [0.15, 0.2) is 10.8 Å². The van der Waals surface area contributed by atoms with E-state index >= 15 is 0 Å². The summed E-state index contributed by atoms with van der Waals surface area (Å²) in [5, 5.41) is 36.4. The molecule has 2 amide bonds. The van der Waals surface area contributed by atoms with Gasteiger partial charge in [-0.2, -0.15) is 5.43 Å². The number of hydrogen-bond acceptors (Lipinski definition) is 13. The number of benzene rings is 1. The van der Waals surface area contributed by atoms with Gasteiger partial charge >= 0.3 is 11.9 Å². The Hall–Kier alpha value is -4.81. The summed E-state index contributed by atoms with van der Waals surface area (Å²) in [7, 11) is 1.77. The van der Waals surface area contributed by atoms with Crippen molar-refractivity contribution in [1.82, 2.24) is 15.2 Å². The van der Waals surface area contributed by atoms with Crippen LogP contribution in [0, 0.1) is 0 Å². The van der Waals surface area contributed by atoms with E-state index in [4.69, 9.17) is 10.6 Å². The minimum atomic E-state index is -1.64. The van der Waals surface area contributed by atoms with Crippen LogP contribution >= 0.6 is 34.9 Å². The third-order valence-corrected chi connectivity index (χ3v) is 9.77. The minimum absolute atomic E-state index is 0.0173. The van der Waals surface area contributed by atoms with Crippen molar-refractivity contribution in [3.8, 4) is 5.75 Å². The van der Waals surface area contributed by atoms with Crippen molar-refractivity contribution in [3.05, 3.63) is 76.7 Å². The number of nitrogens with one attached hydrogen (secondary N) is 2. The molecular formula is C27H26N7O8S3+. The Morgan fingerprint density at radius 1 is 1.22 bits per heavy atom. The number of carbonyl (C=O) groups is 4. The summed E-state index contributed by atoms with van der Waals surface area (Å²) in [6, 6.07) is 7.86. The van der Waals surface area contributed by atoms with Crippen LogP contribution < -0.4 is 21.2 Å². The summed E-state index contributed by atoms with van der Waals surface area (Å²) in [5.41, 5.74) is 8.83. The molecule has 45 heavy (non-hydrogen) atoms. The molecule has 2 aromatic heterocycles. The van der Waals surface area contributed by atoms with Crippen LogP contribution in [0.3, 0.4) is 0 Å². The number of amides is 2. The maximum atomic E-state index is 13.4. The zero-order valence-corrected chi connectivity index (χ0v) is 25.8. The molecular weight excluding hydrogens is 647 g/mol. The van der Waals surface area contributed by atoms with E-state index in [2.05, 4.69) is 20.9 Å². The van der Waals surface area contributed by atoms with E-state index in [1.807, 2.05) is 24.5 Å². The van der Waals surface area contributed by atoms with Crippen molar-refractivity contribution >= 4 is 69.5 Å². The Morgan fingerprint density at radius 2 is 1.93 bits per heavy atom. The molecule has 3 atom stereocenters. The fraction of sp³-hybridized carbons (Fsp3) is 0.222. The third kappa shape index (κ3) is 6.81. The molecule has 2 aliphatic heterocycles. The molecule has 0 aliphatic carbocycles. The van der Waals surface area contributed by atoms with Gasteiger partial charge in [0, 0.05) is 39.5 Å². The summed E-state index contributed by atoms with van der Waals surface area (Å²) in [6.07, 6.45) is 2.01. The largest absolute Gasteiger partial charge is 0.508 e. The third-order valence-electron chi connectivity index (χ3n) is 6.66. The topological polar surface area (TPSA) is 221 Å². The number of phenols is 1. The Morgan fingerprint density at radius 3 is 2.53 bits per heavy atom. The quantitative estimate of drug-likeness (QED) is 0.0520. The molecule has 5 rings (SSSR count). The molecule has 234 valence electrons. The van der Waals surface area contributed by atoms with Crippen LogP contribution in [0.1, 0.15) is 17.4 Å². The molecule has 1 aromatic carbocycles. The predicted molar refractivity (Wildman–Crippen MR) is 165 cm³/mol. The number of thioether (sulfide) groups is 2. The van der Waals surface area contributed by atoms with Crippen LogP contribution in [0.5, 0.6) is 5.75 Å². The zero-order valence-electron chi connectivity index (χ0n) is 23.3. The van der Waals surface area contributed by atoms with E-state index in [1.165, 1.54) is 53.2 Å². The molecule has 0 bridgehead atoms. The number of nitrogens with two attached hydrogens (primary N) is 1. The lowest BCUT2D eigenvalue weighted by Gasteiger charge is -2.49. The molecule has 0 unspecified atom stereocenters. The van der Waals surface area contributed by atoms with Gasteiger partial charge < -0.3 is 31.2 Å². The maximum Gasteiger partial charge on any atom is 0.352 e. The lowest BCUT2D eigenvalue weighted by molar-refractivity contribution is -0.647. The number of phenolic OH excluding ortho intramolecular Hbond substituents is 1. The van der Waals surface area contributed by atoms with Gasteiger partial charge in [0.25, 0.3) is 11.8 Å². The molecule has 18 heteroatoms. The van der Waals surface area contributed by atoms with E-state index in [1.54, 1.807) is 11.7 Å². The highest BCUT2D eigenvalue weighted by atomic mass is 32.2. The zero-order chi connectivity index (χ0) is 32.2. The number of aliphatic carboxylic acids is 2. The summed E-state index contributed by atoms with van der Waals surface area (Å²) < 4.78 is 1.76. The average molecular weight is 673 g/mol. The minimum Gasteiger partial charge on any atom is -0.508 e. The van der Waals surface area contributed by atoms with Crippen molar-refractivity contribution < 1.29 is 44.0 Å². The number of thiazole rings is 1. The van der Waals surface area contributed by atoms with Crippen molar-refractivity contribution in [3.63, 3.8) is 0 Å². The Labute approximate surface area is 267 Å². The van der Waals surface area contributed by atoms with Crippen molar-refractivity contribution in [2.24, 2.45) is 5.16 Å². The normalized spacial score (nSPS) is 18.5. The van der Waals surface area contributed by atoms with Gasteiger partial charge in [-0.15, -0.1) is 34.9 Å². The number of nitrogens with zero attached hydrogens (tertiary/aromatic N) is 4. The molecule has 4 heterocycles. The van der Waals surface area contributed by atoms with E-state index in [0.29, 0.717) is 17.1 Å². The maximum absolute atomic E-state index is 13.4. The van der Waals surface area contributed by atoms with Crippen molar-refractivity contribution in [2.75, 3.05) is 29.7 Å². The highest BCUT2D eigenvalue weighted by molar-refractivity contribution is 8.01. The SMILES string of the molecule is CN[n+]1ccc(SCC2=C(C(=O)O)N3C(=O)[C@@H](NC(=O)/C(=N\O[C@H](C(=O)O)c4ccc(O)cc4)c4csc(N)n4)[C@H]3SC2)cc1. The van der Waals surface area contributed by atoms with E-state index in [-0.39, 0.29) is 27.8 Å². The number of β-lactam (4-membered cyclic amide) rings is 1. The van der Waals surface area contributed by atoms with Crippen LogP contribution in [-0.4, -0.2) is 84.6 Å². The highest BCUT2D eigenvalue weighted by Crippen LogP contribution is 2.41. The number of carbonyl (C=O) groups excluding carboxylic acids is 2. The Balaban J connectivity index is 1.33. The number of carboxylic acid groups (broad SMARTS) is 2. The predicted octanol–water partition coefficient (Wildman–Crippen LogP) is 0.969. The Bertz CT molecular complexity index is 1690. The van der Waals surface area contributed by atoms with Gasteiger partial charge in [-0.1, -0.05) is 22.0 Å². The average Bonchev–Trinajstić information content (AvgIpc) is 3.46. The molecule has 0 radical (unpaired) electrons. The molecule has 0 spiro atoms. The van der Waals surface area contributed by atoms with Crippen LogP contribution in [0.15, 0.2) is 75.5 Å². The van der Waals surface area contributed by atoms with E-state index < -0.39 is 47.0 Å². The molecule has 2 aliphatic rings. The smallest absolute Gasteiger partial charge is 0.352 e. The van der Waals surface area contributed by atoms with Gasteiger partial charge in [-0.25, -0.2) is 14.6 Å². The van der Waals surface area contributed by atoms with Crippen LogP contribution in [0.4, 0.5) is 5.13 Å². The summed E-state index contributed by atoms with van der Waals surface area (Å²) in [5.74, 6) is -3.62. The van der Waals surface area contributed by atoms with Crippen LogP contribution in [-0.2, 0) is 24.0 Å². The number of nitrogen functional groups attached to an aromatic ring is 1. The summed E-state index contributed by atoms with van der Waals surface area (Å²) in [4.78, 5) is 62.2. The summed E-state index contributed by atoms with van der Waals surface area (Å²) >= 11 is 3.75. The summed E-state index contributed by atoms with van der Waals surface area (Å²) in [6.45, 7) is 0. The number of anilines is 1. The van der Waals surface area contributed by atoms with E-state index in [9.17, 15) is 34.5 Å². The van der Waals surface area contributed by atoms with E-state index in [0.717, 1.165) is 21.1 Å². The lowest BCUT2D eigenvalue weighted by atomic mass is 10.0. The van der Waals surface area contributed by atoms with Crippen LogP contribution in [0.25, 0.3) is 0 Å². The fourth-order valence-corrected chi connectivity index (χ4v) is 7.35. The number of aromatic nitrogens is 2.